The zero-order valence-corrected chi connectivity index (χ0v) is 10.8. The highest BCUT2D eigenvalue weighted by Crippen LogP contribution is 2.01. The maximum absolute atomic E-state index is 11.8. The summed E-state index contributed by atoms with van der Waals surface area (Å²) in [4.78, 5) is 23.1. The van der Waals surface area contributed by atoms with E-state index in [2.05, 4.69) is 10.6 Å². The number of nitrogens with one attached hydrogen (secondary N) is 2. The lowest BCUT2D eigenvalue weighted by Gasteiger charge is -2.21. The predicted molar refractivity (Wildman–Crippen MR) is 65.3 cm³/mol. The lowest BCUT2D eigenvalue weighted by Crippen LogP contribution is -2.50. The average Bonchev–Trinajstić information content (AvgIpc) is 2.26. The molecule has 2 amide bonds. The van der Waals surface area contributed by atoms with Crippen molar-refractivity contribution in [2.45, 2.75) is 26.3 Å². The summed E-state index contributed by atoms with van der Waals surface area (Å²) in [7, 11) is 1.44. The van der Waals surface area contributed by atoms with Crippen LogP contribution in [-0.2, 0) is 14.3 Å². The van der Waals surface area contributed by atoms with Crippen LogP contribution in [0.25, 0.3) is 0 Å². The van der Waals surface area contributed by atoms with Gasteiger partial charge in [-0.05, 0) is 18.9 Å². The minimum atomic E-state index is -0.532. The van der Waals surface area contributed by atoms with Gasteiger partial charge in [-0.15, -0.1) is 0 Å². The van der Waals surface area contributed by atoms with E-state index in [9.17, 15) is 9.59 Å². The van der Waals surface area contributed by atoms with Crippen molar-refractivity contribution < 1.29 is 14.3 Å². The number of nitrogens with two attached hydrogens (primary N) is 1. The molecule has 0 aromatic heterocycles. The highest BCUT2D eigenvalue weighted by atomic mass is 16.5. The lowest BCUT2D eigenvalue weighted by molar-refractivity contribution is -0.131. The van der Waals surface area contributed by atoms with Gasteiger partial charge in [-0.1, -0.05) is 13.8 Å². The smallest absolute Gasteiger partial charge is 0.246 e. The normalized spacial score (nSPS) is 12.3. The Labute approximate surface area is 102 Å². The van der Waals surface area contributed by atoms with E-state index in [1.54, 1.807) is 0 Å². The maximum atomic E-state index is 11.8. The van der Waals surface area contributed by atoms with Crippen LogP contribution in [0.2, 0.25) is 0 Å². The summed E-state index contributed by atoms with van der Waals surface area (Å²) < 4.78 is 4.70. The van der Waals surface area contributed by atoms with E-state index < -0.39 is 6.04 Å². The molecule has 0 aliphatic heterocycles. The molecule has 6 nitrogen and oxygen atoms in total. The number of hydrogen-bond acceptors (Lipinski definition) is 4. The van der Waals surface area contributed by atoms with Crippen LogP contribution in [0.3, 0.4) is 0 Å². The van der Waals surface area contributed by atoms with Crippen LogP contribution in [0, 0.1) is 5.92 Å². The average molecular weight is 245 g/mol. The number of hydrogen-bond donors (Lipinski definition) is 3. The first-order chi connectivity index (χ1) is 8.02. The van der Waals surface area contributed by atoms with Gasteiger partial charge >= 0.3 is 0 Å². The molecule has 0 aromatic rings. The van der Waals surface area contributed by atoms with Gasteiger partial charge in [-0.3, -0.25) is 9.59 Å². The molecule has 0 unspecified atom stereocenters. The van der Waals surface area contributed by atoms with Crippen LogP contribution in [0.4, 0.5) is 0 Å². The second-order valence-corrected chi connectivity index (χ2v) is 4.16. The summed E-state index contributed by atoms with van der Waals surface area (Å²) in [5.41, 5.74) is 5.33. The molecule has 100 valence electrons. The Morgan fingerprint density at radius 3 is 2.47 bits per heavy atom. The van der Waals surface area contributed by atoms with Gasteiger partial charge in [-0.25, -0.2) is 0 Å². The minimum Gasteiger partial charge on any atom is -0.375 e. The molecular weight excluding hydrogens is 222 g/mol. The molecule has 0 saturated carbocycles. The van der Waals surface area contributed by atoms with Gasteiger partial charge in [0.05, 0.1) is 0 Å². The largest absolute Gasteiger partial charge is 0.375 e. The number of rotatable bonds is 8. The van der Waals surface area contributed by atoms with Gasteiger partial charge in [0.1, 0.15) is 12.6 Å². The molecule has 6 heteroatoms. The molecule has 17 heavy (non-hydrogen) atoms. The highest BCUT2D eigenvalue weighted by molar-refractivity contribution is 5.88. The Bertz CT molecular complexity index is 244. The van der Waals surface area contributed by atoms with Gasteiger partial charge in [0.2, 0.25) is 11.8 Å². The Hall–Kier alpha value is -1.14. The van der Waals surface area contributed by atoms with Gasteiger partial charge < -0.3 is 21.1 Å². The Balaban J connectivity index is 4.21. The summed E-state index contributed by atoms with van der Waals surface area (Å²) >= 11 is 0. The number of amides is 2. The van der Waals surface area contributed by atoms with Gasteiger partial charge in [0, 0.05) is 13.7 Å². The fourth-order valence-corrected chi connectivity index (χ4v) is 1.30. The van der Waals surface area contributed by atoms with Gasteiger partial charge in [0.15, 0.2) is 0 Å². The Morgan fingerprint density at radius 2 is 2.00 bits per heavy atom. The number of methoxy groups -OCH3 is 1. The van der Waals surface area contributed by atoms with E-state index in [4.69, 9.17) is 10.5 Å². The third-order valence-corrected chi connectivity index (χ3v) is 2.22. The first-order valence-corrected chi connectivity index (χ1v) is 5.79. The second kappa shape index (κ2) is 8.95. The standard InChI is InChI=1S/C11H23N3O3/c1-8(2)10(14-9(15)7-17-3)11(16)13-6-4-5-12/h8,10H,4-7,12H2,1-3H3,(H,13,16)(H,14,15)/t10-/m0/s1. The van der Waals surface area contributed by atoms with Crippen molar-refractivity contribution in [2.75, 3.05) is 26.8 Å². The molecule has 0 fully saturated rings. The number of carbonyl (C=O) groups is 2. The fraction of sp³-hybridized carbons (Fsp3) is 0.818. The van der Waals surface area contributed by atoms with E-state index in [1.807, 2.05) is 13.8 Å². The summed E-state index contributed by atoms with van der Waals surface area (Å²) in [6, 6.07) is -0.532. The van der Waals surface area contributed by atoms with Crippen molar-refractivity contribution >= 4 is 11.8 Å². The summed E-state index contributed by atoms with van der Waals surface area (Å²) in [5, 5.41) is 5.37. The van der Waals surface area contributed by atoms with E-state index >= 15 is 0 Å². The molecule has 0 saturated heterocycles. The molecule has 0 rings (SSSR count). The van der Waals surface area contributed by atoms with Crippen LogP contribution in [-0.4, -0.2) is 44.7 Å². The molecule has 1 atom stereocenters. The third-order valence-electron chi connectivity index (χ3n) is 2.22. The van der Waals surface area contributed by atoms with Crippen LogP contribution >= 0.6 is 0 Å². The molecular formula is C11H23N3O3. The first kappa shape index (κ1) is 15.9. The molecule has 4 N–H and O–H groups in total. The van der Waals surface area contributed by atoms with Crippen molar-refractivity contribution in [1.82, 2.24) is 10.6 Å². The predicted octanol–water partition coefficient (Wildman–Crippen LogP) is -0.761. The summed E-state index contributed by atoms with van der Waals surface area (Å²) in [6.07, 6.45) is 0.725. The van der Waals surface area contributed by atoms with E-state index in [0.29, 0.717) is 13.1 Å². The van der Waals surface area contributed by atoms with E-state index in [1.165, 1.54) is 7.11 Å². The van der Waals surface area contributed by atoms with Crippen molar-refractivity contribution in [3.63, 3.8) is 0 Å². The van der Waals surface area contributed by atoms with Crippen LogP contribution < -0.4 is 16.4 Å². The van der Waals surface area contributed by atoms with Crippen molar-refractivity contribution in [3.8, 4) is 0 Å². The summed E-state index contributed by atoms with van der Waals surface area (Å²) in [5.74, 6) is -0.452. The molecule has 0 aliphatic rings. The molecule has 0 heterocycles. The SMILES string of the molecule is COCC(=O)N[C@H](C(=O)NCCCN)C(C)C. The van der Waals surface area contributed by atoms with Crippen LogP contribution in [0.5, 0.6) is 0 Å². The quantitative estimate of drug-likeness (QED) is 0.490. The molecule has 0 bridgehead atoms. The minimum absolute atomic E-state index is 0.0219. The number of carbonyl (C=O) groups excluding carboxylic acids is 2. The van der Waals surface area contributed by atoms with Crippen molar-refractivity contribution in [1.29, 1.82) is 0 Å². The third kappa shape index (κ3) is 6.91. The van der Waals surface area contributed by atoms with Crippen molar-refractivity contribution in [3.05, 3.63) is 0 Å². The maximum Gasteiger partial charge on any atom is 0.246 e. The van der Waals surface area contributed by atoms with E-state index in [0.717, 1.165) is 6.42 Å². The molecule has 0 aliphatic carbocycles. The van der Waals surface area contributed by atoms with Crippen LogP contribution in [0.15, 0.2) is 0 Å². The Kier molecular flexibility index (Phi) is 8.35. The highest BCUT2D eigenvalue weighted by Gasteiger charge is 2.23. The first-order valence-electron chi connectivity index (χ1n) is 5.79. The lowest BCUT2D eigenvalue weighted by atomic mass is 10.0. The monoisotopic (exact) mass is 245 g/mol. The zero-order valence-electron chi connectivity index (χ0n) is 10.8. The van der Waals surface area contributed by atoms with Gasteiger partial charge in [-0.2, -0.15) is 0 Å². The second-order valence-electron chi connectivity index (χ2n) is 4.16. The Morgan fingerprint density at radius 1 is 1.35 bits per heavy atom. The number of ether oxygens (including phenoxy) is 1. The van der Waals surface area contributed by atoms with E-state index in [-0.39, 0.29) is 24.3 Å². The van der Waals surface area contributed by atoms with Crippen LogP contribution in [0.1, 0.15) is 20.3 Å². The fourth-order valence-electron chi connectivity index (χ4n) is 1.30. The van der Waals surface area contributed by atoms with Crippen molar-refractivity contribution in [2.24, 2.45) is 11.7 Å². The topological polar surface area (TPSA) is 93.4 Å². The molecule has 0 radical (unpaired) electrons. The molecule has 0 spiro atoms. The summed E-state index contributed by atoms with van der Waals surface area (Å²) in [6.45, 7) is 4.77. The van der Waals surface area contributed by atoms with Gasteiger partial charge in [0.25, 0.3) is 0 Å². The molecule has 0 aromatic carbocycles. The zero-order chi connectivity index (χ0) is 13.3.